The van der Waals surface area contributed by atoms with Crippen LogP contribution in [0.15, 0.2) is 18.2 Å². The molecule has 0 bridgehead atoms. The maximum atomic E-state index is 12.9. The van der Waals surface area contributed by atoms with Gasteiger partial charge in [0.05, 0.1) is 12.6 Å². The van der Waals surface area contributed by atoms with Crippen LogP contribution >= 0.6 is 0 Å². The maximum Gasteiger partial charge on any atom is 0.237 e. The van der Waals surface area contributed by atoms with E-state index in [-0.39, 0.29) is 30.7 Å². The quantitative estimate of drug-likeness (QED) is 0.770. The molecule has 0 fully saturated rings. The summed E-state index contributed by atoms with van der Waals surface area (Å²) in [4.78, 5) is 11.5. The van der Waals surface area contributed by atoms with E-state index in [1.54, 1.807) is 0 Å². The van der Waals surface area contributed by atoms with Crippen LogP contribution in [0.4, 0.5) is 8.78 Å². The Labute approximate surface area is 110 Å². The van der Waals surface area contributed by atoms with Crippen molar-refractivity contribution in [3.05, 3.63) is 29.8 Å². The van der Waals surface area contributed by atoms with E-state index in [4.69, 9.17) is 10.5 Å². The van der Waals surface area contributed by atoms with Crippen molar-refractivity contribution in [3.63, 3.8) is 0 Å². The Morgan fingerprint density at radius 3 is 2.42 bits per heavy atom. The van der Waals surface area contributed by atoms with Gasteiger partial charge in [0.15, 0.2) is 0 Å². The number of nitrogens with one attached hydrogen (secondary N) is 1. The molecule has 1 amide bonds. The molecule has 0 radical (unpaired) electrons. The number of amides is 1. The zero-order valence-electron chi connectivity index (χ0n) is 11.0. The van der Waals surface area contributed by atoms with Gasteiger partial charge in [0.25, 0.3) is 0 Å². The molecule has 1 unspecified atom stereocenters. The highest BCUT2D eigenvalue weighted by Crippen LogP contribution is 2.14. The van der Waals surface area contributed by atoms with E-state index < -0.39 is 17.7 Å². The second-order valence-corrected chi connectivity index (χ2v) is 4.51. The average Bonchev–Trinajstić information content (AvgIpc) is 2.32. The fourth-order valence-corrected chi connectivity index (χ4v) is 1.38. The van der Waals surface area contributed by atoms with Crippen LogP contribution in [0.25, 0.3) is 0 Å². The van der Waals surface area contributed by atoms with E-state index in [1.165, 1.54) is 0 Å². The Morgan fingerprint density at radius 1 is 1.32 bits per heavy atom. The Morgan fingerprint density at radius 2 is 1.89 bits per heavy atom. The highest BCUT2D eigenvalue weighted by Gasteiger charge is 2.16. The molecule has 0 aromatic heterocycles. The van der Waals surface area contributed by atoms with Gasteiger partial charge in [-0.05, 0) is 5.92 Å². The van der Waals surface area contributed by atoms with E-state index in [0.29, 0.717) is 0 Å². The summed E-state index contributed by atoms with van der Waals surface area (Å²) in [6.07, 6.45) is 0. The summed E-state index contributed by atoms with van der Waals surface area (Å²) in [5.41, 5.74) is 5.64. The highest BCUT2D eigenvalue weighted by atomic mass is 19.1. The molecule has 4 nitrogen and oxygen atoms in total. The molecule has 0 spiro atoms. The number of rotatable bonds is 6. The Hall–Kier alpha value is -1.69. The molecule has 0 aliphatic heterocycles. The van der Waals surface area contributed by atoms with Crippen molar-refractivity contribution in [2.24, 2.45) is 11.7 Å². The molecular formula is C13H18F2N2O2. The third-order valence-corrected chi connectivity index (χ3v) is 2.53. The molecule has 3 N–H and O–H groups in total. The van der Waals surface area contributed by atoms with Gasteiger partial charge in [-0.2, -0.15) is 0 Å². The third kappa shape index (κ3) is 5.21. The van der Waals surface area contributed by atoms with E-state index in [2.05, 4.69) is 5.32 Å². The van der Waals surface area contributed by atoms with Crippen LogP contribution in [0, 0.1) is 17.6 Å². The summed E-state index contributed by atoms with van der Waals surface area (Å²) in [6, 6.07) is 2.33. The molecule has 0 heterocycles. The topological polar surface area (TPSA) is 64.4 Å². The number of hydrogen-bond acceptors (Lipinski definition) is 3. The maximum absolute atomic E-state index is 12.9. The minimum absolute atomic E-state index is 0.0400. The molecule has 0 saturated carbocycles. The molecule has 1 aromatic carbocycles. The minimum Gasteiger partial charge on any atom is -0.492 e. The number of carbonyl (C=O) groups is 1. The molecule has 19 heavy (non-hydrogen) atoms. The lowest BCUT2D eigenvalue weighted by molar-refractivity contribution is -0.123. The van der Waals surface area contributed by atoms with Crippen LogP contribution in [0.2, 0.25) is 0 Å². The zero-order valence-corrected chi connectivity index (χ0v) is 11.0. The van der Waals surface area contributed by atoms with Crippen LogP contribution in [-0.2, 0) is 4.79 Å². The van der Waals surface area contributed by atoms with E-state index in [1.807, 2.05) is 13.8 Å². The van der Waals surface area contributed by atoms with Crippen LogP contribution in [0.5, 0.6) is 5.75 Å². The second kappa shape index (κ2) is 7.04. The van der Waals surface area contributed by atoms with Crippen LogP contribution in [0.3, 0.4) is 0 Å². The van der Waals surface area contributed by atoms with Crippen LogP contribution < -0.4 is 15.8 Å². The number of nitrogens with two attached hydrogens (primary N) is 1. The molecule has 106 valence electrons. The predicted octanol–water partition coefficient (Wildman–Crippen LogP) is 1.44. The molecule has 1 atom stereocenters. The van der Waals surface area contributed by atoms with Crippen molar-refractivity contribution in [2.75, 3.05) is 13.2 Å². The molecule has 0 aliphatic carbocycles. The van der Waals surface area contributed by atoms with Gasteiger partial charge >= 0.3 is 0 Å². The van der Waals surface area contributed by atoms with Crippen molar-refractivity contribution in [2.45, 2.75) is 19.9 Å². The van der Waals surface area contributed by atoms with Gasteiger partial charge in [-0.1, -0.05) is 13.8 Å². The SMILES string of the molecule is CC(C)C(N)C(=O)NCCOc1cc(F)cc(F)c1. The van der Waals surface area contributed by atoms with Gasteiger partial charge in [0, 0.05) is 18.2 Å². The Kier molecular flexibility index (Phi) is 5.69. The fraction of sp³-hybridized carbons (Fsp3) is 0.462. The molecule has 1 rings (SSSR count). The molecule has 0 aliphatic rings. The average molecular weight is 272 g/mol. The van der Waals surface area contributed by atoms with Gasteiger partial charge in [-0.25, -0.2) is 8.78 Å². The summed E-state index contributed by atoms with van der Waals surface area (Å²) in [5.74, 6) is -1.57. The van der Waals surface area contributed by atoms with E-state index >= 15 is 0 Å². The first kappa shape index (κ1) is 15.4. The molecular weight excluding hydrogens is 254 g/mol. The van der Waals surface area contributed by atoms with Crippen LogP contribution in [0.1, 0.15) is 13.8 Å². The van der Waals surface area contributed by atoms with Gasteiger partial charge < -0.3 is 15.8 Å². The lowest BCUT2D eigenvalue weighted by Crippen LogP contribution is -2.45. The van der Waals surface area contributed by atoms with Gasteiger partial charge in [-0.15, -0.1) is 0 Å². The number of halogens is 2. The summed E-state index contributed by atoms with van der Waals surface area (Å²) < 4.78 is 30.8. The van der Waals surface area contributed by atoms with Crippen molar-refractivity contribution < 1.29 is 18.3 Å². The first-order chi connectivity index (χ1) is 8.90. The van der Waals surface area contributed by atoms with Gasteiger partial charge in [0.1, 0.15) is 24.0 Å². The number of carbonyl (C=O) groups excluding carboxylic acids is 1. The monoisotopic (exact) mass is 272 g/mol. The summed E-state index contributed by atoms with van der Waals surface area (Å²) >= 11 is 0. The van der Waals surface area contributed by atoms with Crippen molar-refractivity contribution in [1.82, 2.24) is 5.32 Å². The Bertz CT molecular complexity index is 418. The van der Waals surface area contributed by atoms with E-state index in [9.17, 15) is 13.6 Å². The summed E-state index contributed by atoms with van der Waals surface area (Å²) in [7, 11) is 0. The van der Waals surface area contributed by atoms with E-state index in [0.717, 1.165) is 18.2 Å². The zero-order chi connectivity index (χ0) is 14.4. The number of ether oxygens (including phenoxy) is 1. The Balaban J connectivity index is 2.33. The molecule has 6 heteroatoms. The van der Waals surface area contributed by atoms with Crippen molar-refractivity contribution in [1.29, 1.82) is 0 Å². The van der Waals surface area contributed by atoms with Crippen molar-refractivity contribution >= 4 is 5.91 Å². The molecule has 0 saturated heterocycles. The van der Waals surface area contributed by atoms with Crippen LogP contribution in [-0.4, -0.2) is 25.1 Å². The van der Waals surface area contributed by atoms with Crippen molar-refractivity contribution in [3.8, 4) is 5.75 Å². The lowest BCUT2D eigenvalue weighted by Gasteiger charge is -2.15. The second-order valence-electron chi connectivity index (χ2n) is 4.51. The van der Waals surface area contributed by atoms with Gasteiger partial charge in [0.2, 0.25) is 5.91 Å². The largest absolute Gasteiger partial charge is 0.492 e. The predicted molar refractivity (Wildman–Crippen MR) is 67.7 cm³/mol. The lowest BCUT2D eigenvalue weighted by atomic mass is 10.1. The summed E-state index contributed by atoms with van der Waals surface area (Å²) in [5, 5.41) is 2.59. The third-order valence-electron chi connectivity index (χ3n) is 2.53. The molecule has 1 aromatic rings. The summed E-state index contributed by atoms with van der Waals surface area (Å²) in [6.45, 7) is 4.02. The number of benzene rings is 1. The van der Waals surface area contributed by atoms with Gasteiger partial charge in [-0.3, -0.25) is 4.79 Å². The first-order valence-electron chi connectivity index (χ1n) is 6.02. The smallest absolute Gasteiger partial charge is 0.237 e. The fourth-order valence-electron chi connectivity index (χ4n) is 1.38. The first-order valence-corrected chi connectivity index (χ1v) is 6.02. The normalized spacial score (nSPS) is 12.3. The standard InChI is InChI=1S/C13H18F2N2O2/c1-8(2)12(16)13(18)17-3-4-19-11-6-9(14)5-10(15)7-11/h5-8,12H,3-4,16H2,1-2H3,(H,17,18). The number of hydrogen-bond donors (Lipinski definition) is 2. The minimum atomic E-state index is -0.708. The highest BCUT2D eigenvalue weighted by molar-refractivity contribution is 5.81.